The van der Waals surface area contributed by atoms with Crippen molar-refractivity contribution in [2.24, 2.45) is 0 Å². The first kappa shape index (κ1) is 16.9. The van der Waals surface area contributed by atoms with E-state index in [1.54, 1.807) is 0 Å². The van der Waals surface area contributed by atoms with Crippen molar-refractivity contribution < 1.29 is 19.4 Å². The van der Waals surface area contributed by atoms with Crippen molar-refractivity contribution in [2.45, 2.75) is 32.8 Å². The van der Waals surface area contributed by atoms with Gasteiger partial charge in [0.2, 0.25) is 0 Å². The Hall–Kier alpha value is -2.15. The van der Waals surface area contributed by atoms with Crippen LogP contribution < -0.4 is 10.6 Å². The maximum Gasteiger partial charge on any atom is 0.337 e. The fourth-order valence-electron chi connectivity index (χ4n) is 1.55. The lowest BCUT2D eigenvalue weighted by Gasteiger charge is -2.09. The first-order chi connectivity index (χ1) is 9.99. The van der Waals surface area contributed by atoms with Crippen molar-refractivity contribution in [2.75, 3.05) is 18.5 Å². The molecule has 0 aromatic carbocycles. The molecule has 3 N–H and O–H groups in total. The largest absolute Gasteiger partial charge is 0.478 e. The highest BCUT2D eigenvalue weighted by atomic mass is 16.5. The number of rotatable bonds is 8. The number of carboxylic acids is 1. The highest BCUT2D eigenvalue weighted by Gasteiger charge is 2.06. The molecule has 0 fully saturated rings. The van der Waals surface area contributed by atoms with Gasteiger partial charge in [0.05, 0.1) is 23.6 Å². The number of carbonyl (C=O) groups excluding carboxylic acids is 1. The van der Waals surface area contributed by atoms with Crippen LogP contribution in [0.1, 0.15) is 37.0 Å². The molecule has 1 heterocycles. The minimum absolute atomic E-state index is 0.0265. The predicted molar refractivity (Wildman–Crippen MR) is 78.5 cm³/mol. The number of urea groups is 1. The van der Waals surface area contributed by atoms with Crippen molar-refractivity contribution >= 4 is 17.7 Å². The molecule has 0 aliphatic carbocycles. The van der Waals surface area contributed by atoms with Crippen LogP contribution in [0.15, 0.2) is 18.5 Å². The summed E-state index contributed by atoms with van der Waals surface area (Å²) in [6.45, 7) is 5.15. The molecule has 0 saturated heterocycles. The Morgan fingerprint density at radius 2 is 2.10 bits per heavy atom. The van der Waals surface area contributed by atoms with Crippen molar-refractivity contribution in [3.63, 3.8) is 0 Å². The molecule has 7 nitrogen and oxygen atoms in total. The van der Waals surface area contributed by atoms with Crippen molar-refractivity contribution in [3.05, 3.63) is 24.0 Å². The van der Waals surface area contributed by atoms with E-state index in [0.717, 1.165) is 12.8 Å². The molecule has 1 aromatic rings. The summed E-state index contributed by atoms with van der Waals surface area (Å²) in [4.78, 5) is 26.1. The van der Waals surface area contributed by atoms with Gasteiger partial charge in [-0.05, 0) is 32.8 Å². The number of ether oxygens (including phenoxy) is 1. The predicted octanol–water partition coefficient (Wildman–Crippen LogP) is 2.11. The second-order valence-electron chi connectivity index (χ2n) is 4.77. The Kier molecular flexibility index (Phi) is 7.17. The van der Waals surface area contributed by atoms with Crippen LogP contribution in [0.2, 0.25) is 0 Å². The molecule has 1 rings (SSSR count). The minimum Gasteiger partial charge on any atom is -0.478 e. The highest BCUT2D eigenvalue weighted by Crippen LogP contribution is 2.08. The van der Waals surface area contributed by atoms with E-state index in [0.29, 0.717) is 18.8 Å². The molecule has 0 radical (unpaired) electrons. The van der Waals surface area contributed by atoms with Gasteiger partial charge in [0.15, 0.2) is 0 Å². The van der Waals surface area contributed by atoms with E-state index in [1.807, 2.05) is 13.8 Å². The molecule has 116 valence electrons. The normalized spacial score (nSPS) is 10.4. The number of hydrogen-bond donors (Lipinski definition) is 3. The Morgan fingerprint density at radius 3 is 2.76 bits per heavy atom. The third kappa shape index (κ3) is 7.26. The van der Waals surface area contributed by atoms with Gasteiger partial charge >= 0.3 is 12.0 Å². The van der Waals surface area contributed by atoms with Gasteiger partial charge < -0.3 is 20.5 Å². The molecule has 21 heavy (non-hydrogen) atoms. The summed E-state index contributed by atoms with van der Waals surface area (Å²) in [7, 11) is 0. The van der Waals surface area contributed by atoms with E-state index in [9.17, 15) is 9.59 Å². The van der Waals surface area contributed by atoms with E-state index in [1.165, 1.54) is 18.5 Å². The quantitative estimate of drug-likeness (QED) is 0.638. The lowest BCUT2D eigenvalue weighted by atomic mass is 10.2. The molecule has 0 aliphatic heterocycles. The number of carbonyl (C=O) groups is 2. The number of aromatic nitrogens is 1. The molecule has 0 atom stereocenters. The molecular weight excluding hydrogens is 274 g/mol. The van der Waals surface area contributed by atoms with Crippen LogP contribution >= 0.6 is 0 Å². The Morgan fingerprint density at radius 1 is 1.33 bits per heavy atom. The Balaban J connectivity index is 2.24. The summed E-state index contributed by atoms with van der Waals surface area (Å²) in [5.41, 5.74) is 0.370. The van der Waals surface area contributed by atoms with Gasteiger partial charge in [-0.3, -0.25) is 4.98 Å². The summed E-state index contributed by atoms with van der Waals surface area (Å²) >= 11 is 0. The molecule has 2 amide bonds. The number of amides is 2. The van der Waals surface area contributed by atoms with E-state index in [4.69, 9.17) is 9.84 Å². The number of aromatic carboxylic acids is 1. The molecular formula is C14H21N3O4. The third-order valence-corrected chi connectivity index (χ3v) is 2.55. The summed E-state index contributed by atoms with van der Waals surface area (Å²) in [5, 5.41) is 14.1. The lowest BCUT2D eigenvalue weighted by molar-refractivity contribution is 0.0696. The molecule has 0 saturated carbocycles. The van der Waals surface area contributed by atoms with Gasteiger partial charge in [-0.2, -0.15) is 0 Å². The topological polar surface area (TPSA) is 101 Å². The number of carboxylic acid groups (broad SMARTS) is 1. The number of anilines is 1. The van der Waals surface area contributed by atoms with Crippen LogP contribution in [0.5, 0.6) is 0 Å². The van der Waals surface area contributed by atoms with Crippen molar-refractivity contribution in [3.8, 4) is 0 Å². The monoisotopic (exact) mass is 295 g/mol. The summed E-state index contributed by atoms with van der Waals surface area (Å²) in [5.74, 6) is -1.09. The van der Waals surface area contributed by atoms with Crippen LogP contribution in [-0.2, 0) is 4.74 Å². The maximum atomic E-state index is 11.6. The SMILES string of the molecule is CC(C)OCCCCNC(=O)Nc1cncc(C(=O)O)c1. The van der Waals surface area contributed by atoms with Crippen LogP contribution in [-0.4, -0.2) is 41.3 Å². The van der Waals surface area contributed by atoms with E-state index < -0.39 is 5.97 Å². The molecule has 0 spiro atoms. The van der Waals surface area contributed by atoms with Gasteiger partial charge in [-0.15, -0.1) is 0 Å². The number of nitrogens with one attached hydrogen (secondary N) is 2. The van der Waals surface area contributed by atoms with Gasteiger partial charge in [-0.25, -0.2) is 9.59 Å². The van der Waals surface area contributed by atoms with Gasteiger partial charge in [-0.1, -0.05) is 0 Å². The van der Waals surface area contributed by atoms with Crippen LogP contribution in [0.3, 0.4) is 0 Å². The average molecular weight is 295 g/mol. The van der Waals surface area contributed by atoms with E-state index >= 15 is 0 Å². The van der Waals surface area contributed by atoms with Gasteiger partial charge in [0.1, 0.15) is 0 Å². The number of pyridine rings is 1. The zero-order valence-electron chi connectivity index (χ0n) is 12.3. The minimum atomic E-state index is -1.09. The molecule has 0 bridgehead atoms. The highest BCUT2D eigenvalue weighted by molar-refractivity contribution is 5.92. The summed E-state index contributed by atoms with van der Waals surface area (Å²) in [6, 6.07) is 0.967. The smallest absolute Gasteiger partial charge is 0.337 e. The first-order valence-electron chi connectivity index (χ1n) is 6.84. The molecule has 0 unspecified atom stereocenters. The van der Waals surface area contributed by atoms with Crippen molar-refractivity contribution in [1.82, 2.24) is 10.3 Å². The fourth-order valence-corrected chi connectivity index (χ4v) is 1.55. The van der Waals surface area contributed by atoms with Crippen molar-refractivity contribution in [1.29, 1.82) is 0 Å². The molecule has 7 heteroatoms. The second-order valence-corrected chi connectivity index (χ2v) is 4.77. The third-order valence-electron chi connectivity index (χ3n) is 2.55. The summed E-state index contributed by atoms with van der Waals surface area (Å²) in [6.07, 6.45) is 4.51. The summed E-state index contributed by atoms with van der Waals surface area (Å²) < 4.78 is 5.39. The zero-order chi connectivity index (χ0) is 15.7. The Bertz CT molecular complexity index is 477. The standard InChI is InChI=1S/C14H21N3O4/c1-10(2)21-6-4-3-5-16-14(20)17-12-7-11(13(18)19)8-15-9-12/h7-10H,3-6H2,1-2H3,(H,18,19)(H2,16,17,20). The second kappa shape index (κ2) is 8.91. The number of unbranched alkanes of at least 4 members (excludes halogenated alkanes) is 1. The van der Waals surface area contributed by atoms with Gasteiger partial charge in [0, 0.05) is 19.3 Å². The zero-order valence-corrected chi connectivity index (χ0v) is 12.3. The lowest BCUT2D eigenvalue weighted by Crippen LogP contribution is -2.29. The first-order valence-corrected chi connectivity index (χ1v) is 6.84. The maximum absolute atomic E-state index is 11.6. The van der Waals surface area contributed by atoms with Gasteiger partial charge in [0.25, 0.3) is 0 Å². The molecule has 0 aliphatic rings. The molecule has 1 aromatic heterocycles. The van der Waals surface area contributed by atoms with Crippen LogP contribution in [0.25, 0.3) is 0 Å². The van der Waals surface area contributed by atoms with Crippen LogP contribution in [0.4, 0.5) is 10.5 Å². The van der Waals surface area contributed by atoms with E-state index in [-0.39, 0.29) is 17.7 Å². The average Bonchev–Trinajstić information content (AvgIpc) is 2.42. The Labute approximate surface area is 123 Å². The number of nitrogens with zero attached hydrogens (tertiary/aromatic N) is 1. The van der Waals surface area contributed by atoms with Crippen LogP contribution in [0, 0.1) is 0 Å². The number of hydrogen-bond acceptors (Lipinski definition) is 4. The van der Waals surface area contributed by atoms with E-state index in [2.05, 4.69) is 15.6 Å². The fraction of sp³-hybridized carbons (Fsp3) is 0.500.